The van der Waals surface area contributed by atoms with Gasteiger partial charge in [-0.15, -0.1) is 0 Å². The fraction of sp³-hybridized carbons (Fsp3) is 0.278. The average molecular weight is 371 g/mol. The molecule has 0 aliphatic carbocycles. The van der Waals surface area contributed by atoms with Crippen molar-refractivity contribution in [3.8, 4) is 11.3 Å². The number of carbonyl (C=O) groups is 1. The number of hydrogen-bond donors (Lipinski definition) is 1. The third kappa shape index (κ3) is 2.76. The maximum atomic E-state index is 11.9. The van der Waals surface area contributed by atoms with E-state index in [1.807, 2.05) is 30.3 Å². The summed E-state index contributed by atoms with van der Waals surface area (Å²) in [5, 5.41) is 14.6. The van der Waals surface area contributed by atoms with E-state index < -0.39 is 15.8 Å². The minimum atomic E-state index is -3.10. The molecule has 8 heteroatoms. The molecule has 26 heavy (non-hydrogen) atoms. The van der Waals surface area contributed by atoms with Gasteiger partial charge in [0.15, 0.2) is 15.5 Å². The second-order valence-electron chi connectivity index (χ2n) is 6.51. The summed E-state index contributed by atoms with van der Waals surface area (Å²) in [6.07, 6.45) is 0.457. The molecule has 3 heterocycles. The molecule has 0 amide bonds. The first kappa shape index (κ1) is 16.7. The van der Waals surface area contributed by atoms with Crippen LogP contribution in [0.4, 0.5) is 0 Å². The Bertz CT molecular complexity index is 1120. The molecule has 7 nitrogen and oxygen atoms in total. The van der Waals surface area contributed by atoms with Gasteiger partial charge in [0.2, 0.25) is 0 Å². The normalized spacial score (nSPS) is 19.0. The molecule has 0 saturated carbocycles. The highest BCUT2D eigenvalue weighted by molar-refractivity contribution is 7.91. The first-order valence-corrected chi connectivity index (χ1v) is 10.1. The summed E-state index contributed by atoms with van der Waals surface area (Å²) in [5.74, 6) is -0.943. The van der Waals surface area contributed by atoms with Crippen molar-refractivity contribution in [2.45, 2.75) is 19.4 Å². The zero-order valence-corrected chi connectivity index (χ0v) is 14.9. The van der Waals surface area contributed by atoms with Crippen LogP contribution in [0.15, 0.2) is 36.4 Å². The van der Waals surface area contributed by atoms with E-state index in [0.29, 0.717) is 28.8 Å². The van der Waals surface area contributed by atoms with E-state index in [2.05, 4.69) is 10.1 Å². The molecule has 0 radical (unpaired) electrons. The molecule has 0 bridgehead atoms. The number of carboxylic acids is 1. The second-order valence-corrected chi connectivity index (χ2v) is 8.74. The van der Waals surface area contributed by atoms with Crippen LogP contribution in [-0.2, 0) is 9.84 Å². The van der Waals surface area contributed by atoms with Crippen molar-refractivity contribution >= 4 is 26.8 Å². The molecule has 134 valence electrons. The standard InChI is InChI=1S/C18H17N3O4S/c1-11-16-14(18(22)23)9-15(12-5-3-2-4-6-12)19-17(16)21(20-11)13-7-8-26(24,25)10-13/h2-6,9,13H,7-8,10H2,1H3,(H,22,23)/t13-/m0/s1. The van der Waals surface area contributed by atoms with Crippen molar-refractivity contribution in [3.05, 3.63) is 47.7 Å². The predicted molar refractivity (Wildman–Crippen MR) is 97.0 cm³/mol. The van der Waals surface area contributed by atoms with Gasteiger partial charge in [0.1, 0.15) is 0 Å². The number of benzene rings is 1. The molecule has 1 aliphatic heterocycles. The summed E-state index contributed by atoms with van der Waals surface area (Å²) in [7, 11) is -3.10. The minimum Gasteiger partial charge on any atom is -0.478 e. The minimum absolute atomic E-state index is 0.00285. The Hall–Kier alpha value is -2.74. The van der Waals surface area contributed by atoms with Gasteiger partial charge >= 0.3 is 5.97 Å². The van der Waals surface area contributed by atoms with Crippen LogP contribution in [0.1, 0.15) is 28.5 Å². The fourth-order valence-corrected chi connectivity index (χ4v) is 5.15. The number of carboxylic acid groups (broad SMARTS) is 1. The summed E-state index contributed by atoms with van der Waals surface area (Å²) in [6.45, 7) is 1.72. The molecule has 1 fully saturated rings. The van der Waals surface area contributed by atoms with Crippen LogP contribution < -0.4 is 0 Å². The Kier molecular flexibility index (Phi) is 3.80. The van der Waals surface area contributed by atoms with Crippen molar-refractivity contribution in [1.82, 2.24) is 14.8 Å². The first-order valence-electron chi connectivity index (χ1n) is 8.25. The molecule has 1 N–H and O–H groups in total. The number of pyridine rings is 1. The number of hydrogen-bond acceptors (Lipinski definition) is 5. The lowest BCUT2D eigenvalue weighted by Crippen LogP contribution is -2.13. The Morgan fingerprint density at radius 1 is 1.27 bits per heavy atom. The molecule has 2 aromatic heterocycles. The van der Waals surface area contributed by atoms with Gasteiger partial charge in [0.05, 0.1) is 39.9 Å². The summed E-state index contributed by atoms with van der Waals surface area (Å²) < 4.78 is 25.3. The number of rotatable bonds is 3. The van der Waals surface area contributed by atoms with Crippen LogP contribution in [0, 0.1) is 6.92 Å². The Morgan fingerprint density at radius 3 is 2.62 bits per heavy atom. The van der Waals surface area contributed by atoms with Gasteiger partial charge in [-0.3, -0.25) is 0 Å². The first-order chi connectivity index (χ1) is 12.4. The van der Waals surface area contributed by atoms with E-state index in [-0.39, 0.29) is 23.1 Å². The quantitative estimate of drug-likeness (QED) is 0.759. The number of aromatic nitrogens is 3. The van der Waals surface area contributed by atoms with E-state index in [1.54, 1.807) is 17.7 Å². The van der Waals surface area contributed by atoms with Crippen LogP contribution in [-0.4, -0.2) is 45.8 Å². The molecule has 3 aromatic rings. The van der Waals surface area contributed by atoms with Gasteiger partial charge in [0.25, 0.3) is 0 Å². The van der Waals surface area contributed by atoms with Crippen LogP contribution in [0.25, 0.3) is 22.3 Å². The zero-order valence-electron chi connectivity index (χ0n) is 14.1. The highest BCUT2D eigenvalue weighted by atomic mass is 32.2. The maximum absolute atomic E-state index is 11.9. The molecule has 4 rings (SSSR count). The number of fused-ring (bicyclic) bond motifs is 1. The van der Waals surface area contributed by atoms with Crippen molar-refractivity contribution < 1.29 is 18.3 Å². The molecule has 1 aliphatic rings. The smallest absolute Gasteiger partial charge is 0.336 e. The molecule has 0 spiro atoms. The number of aromatic carboxylic acids is 1. The lowest BCUT2D eigenvalue weighted by molar-refractivity contribution is 0.0699. The highest BCUT2D eigenvalue weighted by Gasteiger charge is 2.32. The monoisotopic (exact) mass is 371 g/mol. The molecular weight excluding hydrogens is 354 g/mol. The molecule has 1 aromatic carbocycles. The third-order valence-corrected chi connectivity index (χ3v) is 6.44. The number of nitrogens with zero attached hydrogens (tertiary/aromatic N) is 3. The van der Waals surface area contributed by atoms with E-state index in [1.165, 1.54) is 0 Å². The molecule has 1 atom stereocenters. The van der Waals surface area contributed by atoms with Crippen molar-refractivity contribution in [2.75, 3.05) is 11.5 Å². The SMILES string of the molecule is Cc1nn([C@H]2CCS(=O)(=O)C2)c2nc(-c3ccccc3)cc(C(=O)O)c12. The highest BCUT2D eigenvalue weighted by Crippen LogP contribution is 2.31. The summed E-state index contributed by atoms with van der Waals surface area (Å²) >= 11 is 0. The lowest BCUT2D eigenvalue weighted by Gasteiger charge is -2.11. The topological polar surface area (TPSA) is 102 Å². The Labute approximate surface area is 150 Å². The van der Waals surface area contributed by atoms with E-state index >= 15 is 0 Å². The second kappa shape index (κ2) is 5.91. The summed E-state index contributed by atoms with van der Waals surface area (Å²) in [5.41, 5.74) is 2.40. The van der Waals surface area contributed by atoms with Crippen LogP contribution in [0.3, 0.4) is 0 Å². The van der Waals surface area contributed by atoms with Gasteiger partial charge in [-0.05, 0) is 19.4 Å². The van der Waals surface area contributed by atoms with E-state index in [0.717, 1.165) is 5.56 Å². The molecular formula is C18H17N3O4S. The maximum Gasteiger partial charge on any atom is 0.336 e. The van der Waals surface area contributed by atoms with E-state index in [4.69, 9.17) is 0 Å². The van der Waals surface area contributed by atoms with Crippen molar-refractivity contribution in [2.24, 2.45) is 0 Å². The average Bonchev–Trinajstić information content (AvgIpc) is 3.14. The van der Waals surface area contributed by atoms with Gasteiger partial charge in [-0.2, -0.15) is 5.10 Å². The number of sulfone groups is 1. The van der Waals surface area contributed by atoms with Gasteiger partial charge in [0, 0.05) is 5.56 Å². The summed E-state index contributed by atoms with van der Waals surface area (Å²) in [6, 6.07) is 10.5. The van der Waals surface area contributed by atoms with Crippen LogP contribution in [0.5, 0.6) is 0 Å². The van der Waals surface area contributed by atoms with Gasteiger partial charge in [-0.1, -0.05) is 30.3 Å². The lowest BCUT2D eigenvalue weighted by atomic mass is 10.1. The number of aryl methyl sites for hydroxylation is 1. The van der Waals surface area contributed by atoms with Gasteiger partial charge < -0.3 is 5.11 Å². The Morgan fingerprint density at radius 2 is 2.00 bits per heavy atom. The van der Waals surface area contributed by atoms with Crippen molar-refractivity contribution in [1.29, 1.82) is 0 Å². The van der Waals surface area contributed by atoms with E-state index in [9.17, 15) is 18.3 Å². The summed E-state index contributed by atoms with van der Waals surface area (Å²) in [4.78, 5) is 16.5. The third-order valence-electron chi connectivity index (χ3n) is 4.69. The molecule has 0 unspecified atom stereocenters. The fourth-order valence-electron chi connectivity index (χ4n) is 3.46. The molecule has 1 saturated heterocycles. The van der Waals surface area contributed by atoms with Crippen LogP contribution >= 0.6 is 0 Å². The van der Waals surface area contributed by atoms with Crippen molar-refractivity contribution in [3.63, 3.8) is 0 Å². The predicted octanol–water partition coefficient (Wildman–Crippen LogP) is 2.46. The largest absolute Gasteiger partial charge is 0.478 e. The van der Waals surface area contributed by atoms with Gasteiger partial charge in [-0.25, -0.2) is 22.9 Å². The Balaban J connectivity index is 1.98. The van der Waals surface area contributed by atoms with Crippen LogP contribution in [0.2, 0.25) is 0 Å². The zero-order chi connectivity index (χ0) is 18.5.